The minimum atomic E-state index is -1.11. The SMILES string of the molecule is Cc1ccc(C)c(C(=O)[O-])c1.[Cl-].[Mg+2]. The van der Waals surface area contributed by atoms with Crippen molar-refractivity contribution < 1.29 is 22.3 Å². The molecule has 2 nitrogen and oxygen atoms in total. The molecular weight excluding hydrogens is 200 g/mol. The van der Waals surface area contributed by atoms with Crippen LogP contribution in [0.5, 0.6) is 0 Å². The van der Waals surface area contributed by atoms with E-state index in [0.717, 1.165) is 11.1 Å². The topological polar surface area (TPSA) is 40.1 Å². The maximum Gasteiger partial charge on any atom is 2.00 e. The second kappa shape index (κ2) is 6.24. The average molecular weight is 209 g/mol. The summed E-state index contributed by atoms with van der Waals surface area (Å²) in [4.78, 5) is 10.5. The van der Waals surface area contributed by atoms with E-state index in [1.54, 1.807) is 19.1 Å². The van der Waals surface area contributed by atoms with Gasteiger partial charge in [0.2, 0.25) is 0 Å². The van der Waals surface area contributed by atoms with E-state index in [1.165, 1.54) is 0 Å². The molecule has 66 valence electrons. The molecule has 0 atom stereocenters. The minimum Gasteiger partial charge on any atom is -1.00 e. The third-order valence-corrected chi connectivity index (χ3v) is 1.61. The van der Waals surface area contributed by atoms with Crippen LogP contribution in [0.2, 0.25) is 0 Å². The van der Waals surface area contributed by atoms with Crippen LogP contribution in [0.4, 0.5) is 0 Å². The van der Waals surface area contributed by atoms with Crippen LogP contribution in [0.3, 0.4) is 0 Å². The Hall–Kier alpha value is -0.254. The molecule has 0 aromatic heterocycles. The first-order valence-corrected chi connectivity index (χ1v) is 3.40. The molecule has 1 rings (SSSR count). The van der Waals surface area contributed by atoms with E-state index < -0.39 is 5.97 Å². The van der Waals surface area contributed by atoms with Crippen molar-refractivity contribution in [1.82, 2.24) is 0 Å². The molecule has 13 heavy (non-hydrogen) atoms. The monoisotopic (exact) mass is 208 g/mol. The molecule has 0 saturated heterocycles. The van der Waals surface area contributed by atoms with Crippen LogP contribution in [-0.4, -0.2) is 29.0 Å². The second-order valence-corrected chi connectivity index (χ2v) is 2.61. The molecule has 0 bridgehead atoms. The van der Waals surface area contributed by atoms with Gasteiger partial charge in [-0.15, -0.1) is 0 Å². The van der Waals surface area contributed by atoms with Gasteiger partial charge in [-0.3, -0.25) is 0 Å². The predicted molar refractivity (Wildman–Crippen MR) is 46.0 cm³/mol. The van der Waals surface area contributed by atoms with E-state index in [2.05, 4.69) is 0 Å². The summed E-state index contributed by atoms with van der Waals surface area (Å²) < 4.78 is 0. The predicted octanol–water partition coefficient (Wildman–Crippen LogP) is -2.71. The third kappa shape index (κ3) is 3.98. The molecule has 4 heteroatoms. The van der Waals surface area contributed by atoms with Gasteiger partial charge >= 0.3 is 23.1 Å². The molecule has 0 aliphatic carbocycles. The summed E-state index contributed by atoms with van der Waals surface area (Å²) in [5.74, 6) is -1.11. The molecule has 0 unspecified atom stereocenters. The fraction of sp³-hybridized carbons (Fsp3) is 0.222. The van der Waals surface area contributed by atoms with Gasteiger partial charge in [-0.25, -0.2) is 0 Å². The number of hydrogen-bond donors (Lipinski definition) is 0. The first-order chi connectivity index (χ1) is 5.11. The van der Waals surface area contributed by atoms with Gasteiger partial charge in [0, 0.05) is 5.56 Å². The van der Waals surface area contributed by atoms with Crippen LogP contribution in [0.1, 0.15) is 21.5 Å². The number of benzene rings is 1. The Bertz CT molecular complexity index is 300. The van der Waals surface area contributed by atoms with Gasteiger partial charge in [0.05, 0.1) is 5.97 Å². The molecular formula is C9H9ClMgO2. The molecule has 0 radical (unpaired) electrons. The van der Waals surface area contributed by atoms with E-state index in [1.807, 2.05) is 13.0 Å². The number of carboxylic acids is 1. The molecule has 0 saturated carbocycles. The second-order valence-electron chi connectivity index (χ2n) is 2.61. The normalized spacial score (nSPS) is 8.15. The van der Waals surface area contributed by atoms with E-state index in [0.29, 0.717) is 0 Å². The van der Waals surface area contributed by atoms with Crippen LogP contribution >= 0.6 is 0 Å². The summed E-state index contributed by atoms with van der Waals surface area (Å²) in [6.07, 6.45) is 0. The Labute approximate surface area is 99.9 Å². The molecule has 0 N–H and O–H groups in total. The summed E-state index contributed by atoms with van der Waals surface area (Å²) in [6.45, 7) is 3.61. The largest absolute Gasteiger partial charge is 2.00 e. The van der Waals surface area contributed by atoms with E-state index in [9.17, 15) is 9.90 Å². The van der Waals surface area contributed by atoms with Crippen molar-refractivity contribution >= 4 is 29.0 Å². The van der Waals surface area contributed by atoms with Crippen molar-refractivity contribution in [3.05, 3.63) is 34.9 Å². The van der Waals surface area contributed by atoms with Gasteiger partial charge in [-0.05, 0) is 25.5 Å². The zero-order chi connectivity index (χ0) is 8.43. The quantitative estimate of drug-likeness (QED) is 0.472. The van der Waals surface area contributed by atoms with E-state index in [-0.39, 0.29) is 41.0 Å². The fourth-order valence-electron chi connectivity index (χ4n) is 0.956. The van der Waals surface area contributed by atoms with Crippen LogP contribution < -0.4 is 17.5 Å². The number of carbonyl (C=O) groups is 1. The van der Waals surface area contributed by atoms with Gasteiger partial charge in [0.1, 0.15) is 0 Å². The summed E-state index contributed by atoms with van der Waals surface area (Å²) >= 11 is 0. The molecule has 0 fully saturated rings. The zero-order valence-corrected chi connectivity index (χ0v) is 9.80. The Morgan fingerprint density at radius 1 is 1.31 bits per heavy atom. The van der Waals surface area contributed by atoms with Gasteiger partial charge in [0.25, 0.3) is 0 Å². The average Bonchev–Trinajstić information content (AvgIpc) is 1.94. The Kier molecular flexibility index (Phi) is 7.31. The number of carbonyl (C=O) groups excluding carboxylic acids is 1. The Morgan fingerprint density at radius 3 is 2.23 bits per heavy atom. The molecule has 0 amide bonds. The number of aryl methyl sites for hydroxylation is 2. The number of carboxylic acid groups (broad SMARTS) is 1. The van der Waals surface area contributed by atoms with Gasteiger partial charge in [-0.1, -0.05) is 17.7 Å². The maximum atomic E-state index is 10.5. The summed E-state index contributed by atoms with van der Waals surface area (Å²) in [6, 6.07) is 5.27. The van der Waals surface area contributed by atoms with Crippen molar-refractivity contribution in [3.8, 4) is 0 Å². The molecule has 0 heterocycles. The number of halogens is 1. The van der Waals surface area contributed by atoms with Gasteiger partial charge < -0.3 is 22.3 Å². The first-order valence-electron chi connectivity index (χ1n) is 3.40. The Balaban J connectivity index is 0. The van der Waals surface area contributed by atoms with Gasteiger partial charge in [-0.2, -0.15) is 0 Å². The standard InChI is InChI=1S/C9H10O2.ClH.Mg/c1-6-3-4-7(2)8(5-6)9(10)11;;/h3-5H,1-2H3,(H,10,11);1H;/q;;+2/p-2. The smallest absolute Gasteiger partial charge is 1.00 e. The molecule has 0 aliphatic rings. The van der Waals surface area contributed by atoms with Crippen molar-refractivity contribution in [2.24, 2.45) is 0 Å². The van der Waals surface area contributed by atoms with E-state index >= 15 is 0 Å². The number of aromatic carboxylic acids is 1. The van der Waals surface area contributed by atoms with Crippen LogP contribution in [-0.2, 0) is 0 Å². The number of hydrogen-bond acceptors (Lipinski definition) is 2. The minimum absolute atomic E-state index is 0. The van der Waals surface area contributed by atoms with Gasteiger partial charge in [0.15, 0.2) is 0 Å². The van der Waals surface area contributed by atoms with Crippen molar-refractivity contribution in [2.45, 2.75) is 13.8 Å². The molecule has 1 aromatic rings. The van der Waals surface area contributed by atoms with Crippen LogP contribution in [0, 0.1) is 13.8 Å². The van der Waals surface area contributed by atoms with Crippen molar-refractivity contribution in [1.29, 1.82) is 0 Å². The van der Waals surface area contributed by atoms with Crippen LogP contribution in [0.15, 0.2) is 18.2 Å². The van der Waals surface area contributed by atoms with Crippen molar-refractivity contribution in [2.75, 3.05) is 0 Å². The Morgan fingerprint density at radius 2 is 1.85 bits per heavy atom. The summed E-state index contributed by atoms with van der Waals surface area (Å²) in [7, 11) is 0. The van der Waals surface area contributed by atoms with Crippen molar-refractivity contribution in [3.63, 3.8) is 0 Å². The molecule has 0 aliphatic heterocycles. The summed E-state index contributed by atoms with van der Waals surface area (Å²) in [5, 5.41) is 10.5. The molecule has 0 spiro atoms. The fourth-order valence-corrected chi connectivity index (χ4v) is 0.956. The summed E-state index contributed by atoms with van der Waals surface area (Å²) in [5.41, 5.74) is 1.97. The number of rotatable bonds is 1. The molecule has 1 aromatic carbocycles. The third-order valence-electron chi connectivity index (χ3n) is 1.61. The first kappa shape index (κ1) is 15.2. The van der Waals surface area contributed by atoms with Crippen LogP contribution in [0.25, 0.3) is 0 Å². The maximum absolute atomic E-state index is 10.5. The van der Waals surface area contributed by atoms with E-state index in [4.69, 9.17) is 0 Å². The zero-order valence-electron chi connectivity index (χ0n) is 7.63.